The van der Waals surface area contributed by atoms with Gasteiger partial charge in [0.15, 0.2) is 5.89 Å². The van der Waals surface area contributed by atoms with E-state index in [2.05, 4.69) is 10.3 Å². The summed E-state index contributed by atoms with van der Waals surface area (Å²) in [6, 6.07) is 4.53. The maximum atomic E-state index is 12.1. The van der Waals surface area contributed by atoms with Gasteiger partial charge in [0.2, 0.25) is 5.76 Å². The normalized spacial score (nSPS) is 10.3. The molecule has 0 unspecified atom stereocenters. The van der Waals surface area contributed by atoms with Crippen LogP contribution in [0.4, 0.5) is 5.69 Å². The lowest BCUT2D eigenvalue weighted by Crippen LogP contribution is -2.14. The average molecular weight is 274 g/mol. The number of oxazole rings is 1. The number of carbonyl (C=O) groups is 2. The van der Waals surface area contributed by atoms with Crippen LogP contribution in [0.2, 0.25) is 0 Å². The number of anilines is 1. The van der Waals surface area contributed by atoms with Crippen LogP contribution >= 0.6 is 0 Å². The molecule has 2 aromatic rings. The summed E-state index contributed by atoms with van der Waals surface area (Å²) in [7, 11) is 0. The van der Waals surface area contributed by atoms with Crippen LogP contribution in [0.25, 0.3) is 0 Å². The van der Waals surface area contributed by atoms with Crippen LogP contribution in [0.15, 0.2) is 22.6 Å². The number of aromatic carboxylic acids is 1. The molecule has 1 aromatic carbocycles. The van der Waals surface area contributed by atoms with Gasteiger partial charge in [0.1, 0.15) is 0 Å². The smallest absolute Gasteiger partial charge is 0.335 e. The predicted molar refractivity (Wildman–Crippen MR) is 72.1 cm³/mol. The Bertz CT molecular complexity index is 688. The van der Waals surface area contributed by atoms with E-state index in [1.807, 2.05) is 0 Å². The van der Waals surface area contributed by atoms with Crippen LogP contribution in [0, 0.1) is 20.8 Å². The standard InChI is InChI=1S/C14H14N2O4/c1-7-4-5-10(14(18)19)6-11(7)16-13(17)12-8(2)15-9(3)20-12/h4-6H,1-3H3,(H,16,17)(H,18,19). The molecule has 2 rings (SSSR count). The van der Waals surface area contributed by atoms with E-state index in [1.165, 1.54) is 12.1 Å². The van der Waals surface area contributed by atoms with Gasteiger partial charge in [-0.2, -0.15) is 0 Å². The number of aryl methyl sites for hydroxylation is 3. The molecule has 0 aliphatic carbocycles. The molecule has 0 aliphatic heterocycles. The number of carbonyl (C=O) groups excluding carboxylic acids is 1. The molecule has 1 aromatic heterocycles. The molecule has 0 saturated heterocycles. The van der Waals surface area contributed by atoms with E-state index in [0.29, 0.717) is 17.3 Å². The third-order valence-electron chi connectivity index (χ3n) is 2.84. The second kappa shape index (κ2) is 5.16. The quantitative estimate of drug-likeness (QED) is 0.897. The summed E-state index contributed by atoms with van der Waals surface area (Å²) in [5, 5.41) is 11.6. The topological polar surface area (TPSA) is 92.4 Å². The average Bonchev–Trinajstić information content (AvgIpc) is 2.71. The van der Waals surface area contributed by atoms with Crippen molar-refractivity contribution >= 4 is 17.6 Å². The van der Waals surface area contributed by atoms with Gasteiger partial charge in [-0.25, -0.2) is 9.78 Å². The molecular weight excluding hydrogens is 260 g/mol. The number of hydrogen-bond donors (Lipinski definition) is 2. The van der Waals surface area contributed by atoms with Crippen molar-refractivity contribution in [1.29, 1.82) is 0 Å². The van der Waals surface area contributed by atoms with Gasteiger partial charge in [-0.15, -0.1) is 0 Å². The summed E-state index contributed by atoms with van der Waals surface area (Å²) in [6.07, 6.45) is 0. The first-order valence-electron chi connectivity index (χ1n) is 5.98. The van der Waals surface area contributed by atoms with Crippen LogP contribution < -0.4 is 5.32 Å². The van der Waals surface area contributed by atoms with Crippen LogP contribution in [0.3, 0.4) is 0 Å². The summed E-state index contributed by atoms with van der Waals surface area (Å²) in [5.74, 6) is -0.966. The molecule has 0 spiro atoms. The molecule has 2 N–H and O–H groups in total. The fourth-order valence-corrected chi connectivity index (χ4v) is 1.81. The predicted octanol–water partition coefficient (Wildman–Crippen LogP) is 2.55. The molecule has 104 valence electrons. The fourth-order valence-electron chi connectivity index (χ4n) is 1.81. The molecule has 20 heavy (non-hydrogen) atoms. The van der Waals surface area contributed by atoms with Gasteiger partial charge in [-0.3, -0.25) is 4.79 Å². The Morgan fingerprint density at radius 3 is 2.50 bits per heavy atom. The maximum Gasteiger partial charge on any atom is 0.335 e. The largest absolute Gasteiger partial charge is 0.478 e. The summed E-state index contributed by atoms with van der Waals surface area (Å²) in [6.45, 7) is 5.10. The monoisotopic (exact) mass is 274 g/mol. The van der Waals surface area contributed by atoms with Gasteiger partial charge < -0.3 is 14.8 Å². The first-order chi connectivity index (χ1) is 9.38. The Morgan fingerprint density at radius 2 is 1.95 bits per heavy atom. The van der Waals surface area contributed by atoms with Crippen molar-refractivity contribution < 1.29 is 19.1 Å². The molecule has 0 aliphatic rings. The molecular formula is C14H14N2O4. The number of aromatic nitrogens is 1. The van der Waals surface area contributed by atoms with Crippen molar-refractivity contribution in [1.82, 2.24) is 4.98 Å². The van der Waals surface area contributed by atoms with E-state index in [4.69, 9.17) is 9.52 Å². The molecule has 0 fully saturated rings. The maximum absolute atomic E-state index is 12.1. The molecule has 0 bridgehead atoms. The second-order valence-corrected chi connectivity index (χ2v) is 4.44. The highest BCUT2D eigenvalue weighted by Crippen LogP contribution is 2.19. The summed E-state index contributed by atoms with van der Waals surface area (Å²) >= 11 is 0. The first kappa shape index (κ1) is 13.8. The van der Waals surface area contributed by atoms with E-state index >= 15 is 0 Å². The zero-order valence-corrected chi connectivity index (χ0v) is 11.4. The minimum Gasteiger partial charge on any atom is -0.478 e. The fraction of sp³-hybridized carbons (Fsp3) is 0.214. The number of hydrogen-bond acceptors (Lipinski definition) is 4. The van der Waals surface area contributed by atoms with E-state index in [1.54, 1.807) is 26.8 Å². The second-order valence-electron chi connectivity index (χ2n) is 4.44. The number of rotatable bonds is 3. The zero-order chi connectivity index (χ0) is 14.9. The summed E-state index contributed by atoms with van der Waals surface area (Å²) in [4.78, 5) is 27.0. The molecule has 0 saturated carbocycles. The molecule has 6 heteroatoms. The van der Waals surface area contributed by atoms with E-state index < -0.39 is 11.9 Å². The molecule has 0 radical (unpaired) electrons. The highest BCUT2D eigenvalue weighted by molar-refractivity contribution is 6.04. The van der Waals surface area contributed by atoms with Crippen LogP contribution in [0.5, 0.6) is 0 Å². The van der Waals surface area contributed by atoms with Crippen LogP contribution in [-0.2, 0) is 0 Å². The third kappa shape index (κ3) is 2.69. The number of carboxylic acid groups (broad SMARTS) is 1. The van der Waals surface area contributed by atoms with Crippen molar-refractivity contribution in [2.75, 3.05) is 5.32 Å². The molecule has 6 nitrogen and oxygen atoms in total. The third-order valence-corrected chi connectivity index (χ3v) is 2.84. The molecule has 1 heterocycles. The van der Waals surface area contributed by atoms with Crippen molar-refractivity contribution in [2.24, 2.45) is 0 Å². The summed E-state index contributed by atoms with van der Waals surface area (Å²) in [5.41, 5.74) is 1.80. The Morgan fingerprint density at radius 1 is 1.25 bits per heavy atom. The van der Waals surface area contributed by atoms with Crippen molar-refractivity contribution in [3.63, 3.8) is 0 Å². The van der Waals surface area contributed by atoms with E-state index in [0.717, 1.165) is 5.56 Å². The lowest BCUT2D eigenvalue weighted by molar-refractivity contribution is 0.0696. The van der Waals surface area contributed by atoms with Crippen LogP contribution in [-0.4, -0.2) is 22.0 Å². The van der Waals surface area contributed by atoms with Gasteiger partial charge in [0, 0.05) is 12.6 Å². The Balaban J connectivity index is 2.30. The number of amides is 1. The van der Waals surface area contributed by atoms with Gasteiger partial charge in [-0.05, 0) is 31.5 Å². The lowest BCUT2D eigenvalue weighted by Gasteiger charge is -2.08. The highest BCUT2D eigenvalue weighted by Gasteiger charge is 2.17. The zero-order valence-electron chi connectivity index (χ0n) is 11.4. The first-order valence-corrected chi connectivity index (χ1v) is 5.98. The SMILES string of the molecule is Cc1nc(C)c(C(=O)Nc2cc(C(=O)O)ccc2C)o1. The molecule has 1 amide bonds. The Hall–Kier alpha value is -2.63. The minimum absolute atomic E-state index is 0.108. The van der Waals surface area contributed by atoms with Gasteiger partial charge in [0.05, 0.1) is 11.3 Å². The van der Waals surface area contributed by atoms with Crippen LogP contribution in [0.1, 0.15) is 38.1 Å². The van der Waals surface area contributed by atoms with Crippen molar-refractivity contribution in [2.45, 2.75) is 20.8 Å². The Labute approximate surface area is 115 Å². The van der Waals surface area contributed by atoms with E-state index in [-0.39, 0.29) is 11.3 Å². The van der Waals surface area contributed by atoms with Gasteiger partial charge in [-0.1, -0.05) is 6.07 Å². The van der Waals surface area contributed by atoms with E-state index in [9.17, 15) is 9.59 Å². The number of carboxylic acids is 1. The van der Waals surface area contributed by atoms with Crippen molar-refractivity contribution in [3.8, 4) is 0 Å². The number of benzene rings is 1. The lowest BCUT2D eigenvalue weighted by atomic mass is 10.1. The van der Waals surface area contributed by atoms with Gasteiger partial charge >= 0.3 is 5.97 Å². The molecule has 0 atom stereocenters. The number of nitrogens with zero attached hydrogens (tertiary/aromatic N) is 1. The highest BCUT2D eigenvalue weighted by atomic mass is 16.4. The van der Waals surface area contributed by atoms with Crippen molar-refractivity contribution in [3.05, 3.63) is 46.7 Å². The van der Waals surface area contributed by atoms with Gasteiger partial charge in [0.25, 0.3) is 5.91 Å². The summed E-state index contributed by atoms with van der Waals surface area (Å²) < 4.78 is 5.23. The minimum atomic E-state index is -1.05. The Kier molecular flexibility index (Phi) is 3.56. The number of nitrogens with one attached hydrogen (secondary N) is 1.